The number of rotatable bonds is 8. The molecule has 1 aromatic carbocycles. The fourth-order valence-corrected chi connectivity index (χ4v) is 2.99. The van der Waals surface area contributed by atoms with Gasteiger partial charge in [0.05, 0.1) is 18.5 Å². The number of nitrogens with zero attached hydrogens (tertiary/aromatic N) is 3. The first-order chi connectivity index (χ1) is 13.3. The third-order valence-corrected chi connectivity index (χ3v) is 4.33. The molecule has 0 aliphatic rings. The Bertz CT molecular complexity index is 841. The van der Waals surface area contributed by atoms with Gasteiger partial charge in [0.2, 0.25) is 5.96 Å². The number of aromatic nitrogens is 1. The van der Waals surface area contributed by atoms with E-state index in [0.29, 0.717) is 6.42 Å². The number of nitrogens with one attached hydrogen (secondary N) is 1. The molecule has 28 heavy (non-hydrogen) atoms. The molecule has 0 atom stereocenters. The summed E-state index contributed by atoms with van der Waals surface area (Å²) >= 11 is 0. The number of benzene rings is 1. The first kappa shape index (κ1) is 21.3. The summed E-state index contributed by atoms with van der Waals surface area (Å²) in [4.78, 5) is 0. The molecule has 152 valence electrons. The van der Waals surface area contributed by atoms with E-state index in [2.05, 4.69) is 66.2 Å². The van der Waals surface area contributed by atoms with E-state index in [0.717, 1.165) is 30.1 Å². The molecule has 2 aromatic rings. The molecular weight excluding hydrogens is 352 g/mol. The molecule has 0 bridgehead atoms. The normalized spacial score (nSPS) is 11.6. The maximum absolute atomic E-state index is 5.39. The first-order valence-electron chi connectivity index (χ1n) is 9.50. The topological polar surface area (TPSA) is 103 Å². The van der Waals surface area contributed by atoms with Crippen LogP contribution in [0.4, 0.5) is 5.69 Å². The van der Waals surface area contributed by atoms with Crippen LogP contribution in [0.3, 0.4) is 0 Å². The molecule has 0 unspecified atom stereocenters. The van der Waals surface area contributed by atoms with Crippen LogP contribution in [0.25, 0.3) is 5.69 Å². The minimum absolute atomic E-state index is 0.00589. The molecule has 0 spiro atoms. The number of anilines is 1. The number of hydrogen-bond donors (Lipinski definition) is 3. The van der Waals surface area contributed by atoms with Crippen LogP contribution in [-0.4, -0.2) is 30.4 Å². The lowest BCUT2D eigenvalue weighted by Crippen LogP contribution is -2.21. The summed E-state index contributed by atoms with van der Waals surface area (Å²) in [6.45, 7) is 9.65. The van der Waals surface area contributed by atoms with E-state index in [1.165, 1.54) is 11.1 Å². The fourth-order valence-electron chi connectivity index (χ4n) is 2.99. The summed E-state index contributed by atoms with van der Waals surface area (Å²) in [6, 6.07) is 6.07. The van der Waals surface area contributed by atoms with E-state index in [1.54, 1.807) is 13.3 Å². The molecule has 2 rings (SSSR count). The van der Waals surface area contributed by atoms with Crippen molar-refractivity contribution in [2.45, 2.75) is 46.0 Å². The summed E-state index contributed by atoms with van der Waals surface area (Å²) in [5.41, 5.74) is 15.2. The highest BCUT2D eigenvalue weighted by Crippen LogP contribution is 2.32. The van der Waals surface area contributed by atoms with E-state index in [1.807, 2.05) is 12.1 Å². The third-order valence-electron chi connectivity index (χ3n) is 4.33. The Labute approximate surface area is 167 Å². The molecule has 0 saturated carbocycles. The van der Waals surface area contributed by atoms with Crippen LogP contribution < -0.4 is 21.5 Å². The number of hydrogen-bond acceptors (Lipinski definition) is 4. The van der Waals surface area contributed by atoms with Crippen LogP contribution in [0.15, 0.2) is 40.8 Å². The van der Waals surface area contributed by atoms with Crippen LogP contribution in [0.2, 0.25) is 0 Å². The van der Waals surface area contributed by atoms with Gasteiger partial charge in [0.1, 0.15) is 5.75 Å². The molecule has 7 nitrogen and oxygen atoms in total. The quantitative estimate of drug-likeness (QED) is 0.369. The van der Waals surface area contributed by atoms with Crippen molar-refractivity contribution in [2.75, 3.05) is 19.0 Å². The molecule has 0 aliphatic carbocycles. The van der Waals surface area contributed by atoms with Gasteiger partial charge >= 0.3 is 0 Å². The summed E-state index contributed by atoms with van der Waals surface area (Å²) in [5.74, 6) is 0.782. The van der Waals surface area contributed by atoms with Gasteiger partial charge in [-0.25, -0.2) is 0 Å². The lowest BCUT2D eigenvalue weighted by Gasteiger charge is -2.19. The first-order valence-corrected chi connectivity index (χ1v) is 9.50. The van der Waals surface area contributed by atoms with Gasteiger partial charge in [-0.2, -0.15) is 5.10 Å². The lowest BCUT2D eigenvalue weighted by molar-refractivity contribution is 0.415. The van der Waals surface area contributed by atoms with Gasteiger partial charge in [-0.15, -0.1) is 5.10 Å². The average molecular weight is 385 g/mol. The van der Waals surface area contributed by atoms with E-state index in [4.69, 9.17) is 16.2 Å². The molecule has 0 amide bonds. The Morgan fingerprint density at radius 1 is 1.25 bits per heavy atom. The van der Waals surface area contributed by atoms with Crippen LogP contribution in [-0.2, 0) is 11.8 Å². The number of guanidine groups is 1. The largest absolute Gasteiger partial charge is 0.497 e. The van der Waals surface area contributed by atoms with Gasteiger partial charge < -0.3 is 26.1 Å². The Kier molecular flexibility index (Phi) is 7.09. The lowest BCUT2D eigenvalue weighted by atomic mass is 9.86. The number of nitrogens with two attached hydrogens (primary N) is 2. The zero-order chi connectivity index (χ0) is 20.7. The van der Waals surface area contributed by atoms with Gasteiger partial charge in [0.25, 0.3) is 0 Å². The second-order valence-corrected chi connectivity index (χ2v) is 7.69. The van der Waals surface area contributed by atoms with Gasteiger partial charge in [-0.1, -0.05) is 27.7 Å². The van der Waals surface area contributed by atoms with Gasteiger partial charge in [-0.05, 0) is 35.1 Å². The van der Waals surface area contributed by atoms with E-state index < -0.39 is 0 Å². The molecular formula is C21H32N6O. The van der Waals surface area contributed by atoms with Gasteiger partial charge in [0, 0.05) is 37.6 Å². The molecule has 0 fully saturated rings. The van der Waals surface area contributed by atoms with Crippen molar-refractivity contribution >= 4 is 17.9 Å². The van der Waals surface area contributed by atoms with Crippen molar-refractivity contribution in [3.8, 4) is 11.4 Å². The van der Waals surface area contributed by atoms with Crippen molar-refractivity contribution in [1.82, 2.24) is 4.57 Å². The van der Waals surface area contributed by atoms with Crippen LogP contribution in [0.5, 0.6) is 5.75 Å². The predicted octanol–water partition coefficient (Wildman–Crippen LogP) is 3.41. The molecule has 0 saturated heterocycles. The Hall–Kier alpha value is -2.96. The Morgan fingerprint density at radius 3 is 2.61 bits per heavy atom. The molecule has 5 N–H and O–H groups in total. The predicted molar refractivity (Wildman–Crippen MR) is 118 cm³/mol. The second-order valence-electron chi connectivity index (χ2n) is 7.69. The van der Waals surface area contributed by atoms with Crippen LogP contribution in [0, 0.1) is 0 Å². The molecule has 0 radical (unpaired) electrons. The van der Waals surface area contributed by atoms with Crippen molar-refractivity contribution in [3.05, 3.63) is 41.7 Å². The standard InChI is InChI=1S/C21H32N6O/c1-6-10-24-18-12-16(28-5)7-8-19(18)27-13-15(9-11-25-26-20(22)23)17(14-27)21(2,3)4/h7-8,11-14,24H,6,9-10H2,1-5H3,(H4,22,23,26)/b25-11+. The number of methoxy groups -OCH3 is 1. The number of ether oxygens (including phenoxy) is 1. The van der Waals surface area contributed by atoms with E-state index in [-0.39, 0.29) is 11.4 Å². The Balaban J connectivity index is 2.45. The summed E-state index contributed by atoms with van der Waals surface area (Å²) in [7, 11) is 1.68. The highest BCUT2D eigenvalue weighted by Gasteiger charge is 2.21. The minimum atomic E-state index is -0.0465. The minimum Gasteiger partial charge on any atom is -0.497 e. The van der Waals surface area contributed by atoms with Gasteiger partial charge in [-0.3, -0.25) is 0 Å². The molecule has 0 aliphatic heterocycles. The molecule has 1 aromatic heterocycles. The smallest absolute Gasteiger partial charge is 0.211 e. The average Bonchev–Trinajstić information content (AvgIpc) is 3.07. The van der Waals surface area contributed by atoms with Gasteiger partial charge in [0.15, 0.2) is 0 Å². The van der Waals surface area contributed by atoms with Crippen molar-refractivity contribution in [1.29, 1.82) is 0 Å². The maximum Gasteiger partial charge on any atom is 0.211 e. The van der Waals surface area contributed by atoms with Crippen LogP contribution >= 0.6 is 0 Å². The van der Waals surface area contributed by atoms with Crippen molar-refractivity contribution in [2.24, 2.45) is 21.7 Å². The molecule has 1 heterocycles. The zero-order valence-electron chi connectivity index (χ0n) is 17.5. The van der Waals surface area contributed by atoms with Crippen molar-refractivity contribution < 1.29 is 4.74 Å². The summed E-state index contributed by atoms with van der Waals surface area (Å²) in [5, 5.41) is 11.1. The highest BCUT2D eigenvalue weighted by atomic mass is 16.5. The monoisotopic (exact) mass is 384 g/mol. The zero-order valence-corrected chi connectivity index (χ0v) is 17.5. The third kappa shape index (κ3) is 5.52. The Morgan fingerprint density at radius 2 is 2.00 bits per heavy atom. The second kappa shape index (κ2) is 9.30. The maximum atomic E-state index is 5.39. The highest BCUT2D eigenvalue weighted by molar-refractivity contribution is 5.76. The summed E-state index contributed by atoms with van der Waals surface area (Å²) < 4.78 is 7.55. The summed E-state index contributed by atoms with van der Waals surface area (Å²) in [6.07, 6.45) is 7.73. The van der Waals surface area contributed by atoms with Crippen molar-refractivity contribution in [3.63, 3.8) is 0 Å². The SMILES string of the molecule is CCCNc1cc(OC)ccc1-n1cc(C/C=N/N=C(N)N)c(C(C)(C)C)c1. The van der Waals surface area contributed by atoms with Crippen LogP contribution in [0.1, 0.15) is 45.2 Å². The van der Waals surface area contributed by atoms with E-state index in [9.17, 15) is 0 Å². The fraction of sp³-hybridized carbons (Fsp3) is 0.429. The van der Waals surface area contributed by atoms with E-state index >= 15 is 0 Å². The molecule has 7 heteroatoms.